The van der Waals surface area contributed by atoms with Gasteiger partial charge in [-0.25, -0.2) is 4.98 Å². The van der Waals surface area contributed by atoms with E-state index in [4.69, 9.17) is 0 Å². The highest BCUT2D eigenvalue weighted by Crippen LogP contribution is 2.26. The number of aromatic nitrogens is 2. The van der Waals surface area contributed by atoms with E-state index < -0.39 is 0 Å². The molecule has 1 saturated heterocycles. The lowest BCUT2D eigenvalue weighted by Crippen LogP contribution is -2.48. The molecule has 1 fully saturated rings. The van der Waals surface area contributed by atoms with Crippen LogP contribution in [0.4, 0.5) is 0 Å². The molecule has 2 heterocycles. The number of carbonyl (C=O) groups excluding carboxylic acids is 1. The summed E-state index contributed by atoms with van der Waals surface area (Å²) in [5.41, 5.74) is 1.37. The van der Waals surface area contributed by atoms with Gasteiger partial charge in [0.05, 0.1) is 6.33 Å². The quantitative estimate of drug-likeness (QED) is 0.626. The fraction of sp³-hybridized carbons (Fsp3) is 0.565. The van der Waals surface area contributed by atoms with Crippen LogP contribution in [0.15, 0.2) is 49.1 Å². The Kier molecular flexibility index (Phi) is 8.25. The third-order valence-electron chi connectivity index (χ3n) is 5.91. The Morgan fingerprint density at radius 2 is 2.10 bits per heavy atom. The maximum Gasteiger partial charge on any atom is 0.220 e. The number of amides is 1. The summed E-state index contributed by atoms with van der Waals surface area (Å²) in [6.07, 6.45) is 9.19. The first-order chi connectivity index (χ1) is 14.1. The molecule has 1 aromatic carbocycles. The normalized spacial score (nSPS) is 20.1. The van der Waals surface area contributed by atoms with Crippen molar-refractivity contribution in [3.63, 3.8) is 0 Å². The van der Waals surface area contributed by atoms with E-state index in [9.17, 15) is 4.79 Å². The average molecular weight is 398 g/mol. The number of piperidine rings is 1. The molecule has 2 aromatic rings. The number of hydrogen-bond acceptors (Lipinski definition) is 4. The van der Waals surface area contributed by atoms with Gasteiger partial charge in [0.25, 0.3) is 0 Å². The molecule has 0 saturated carbocycles. The zero-order valence-corrected chi connectivity index (χ0v) is 17.8. The molecular weight excluding hydrogens is 362 g/mol. The first-order valence-electron chi connectivity index (χ1n) is 10.8. The van der Waals surface area contributed by atoms with Crippen LogP contribution in [-0.2, 0) is 17.9 Å². The number of imidazole rings is 1. The molecule has 0 spiro atoms. The Bertz CT molecular complexity index is 716. The molecule has 0 unspecified atom stereocenters. The van der Waals surface area contributed by atoms with Crippen LogP contribution in [-0.4, -0.2) is 65.0 Å². The van der Waals surface area contributed by atoms with E-state index in [1.165, 1.54) is 5.56 Å². The monoisotopic (exact) mass is 397 g/mol. The zero-order chi connectivity index (χ0) is 20.5. The molecule has 29 heavy (non-hydrogen) atoms. The van der Waals surface area contributed by atoms with Crippen LogP contribution in [0.25, 0.3) is 0 Å². The Morgan fingerprint density at radius 3 is 2.83 bits per heavy atom. The van der Waals surface area contributed by atoms with Crippen molar-refractivity contribution in [2.24, 2.45) is 5.92 Å². The molecule has 3 rings (SSSR count). The van der Waals surface area contributed by atoms with Gasteiger partial charge in [0.2, 0.25) is 5.91 Å². The fourth-order valence-corrected chi connectivity index (χ4v) is 4.36. The van der Waals surface area contributed by atoms with Crippen LogP contribution in [0.2, 0.25) is 0 Å². The number of nitrogens with one attached hydrogen (secondary N) is 1. The topological polar surface area (TPSA) is 53.4 Å². The van der Waals surface area contributed by atoms with Crippen LogP contribution in [0.3, 0.4) is 0 Å². The maximum absolute atomic E-state index is 12.3. The summed E-state index contributed by atoms with van der Waals surface area (Å²) in [7, 11) is 4.33. The van der Waals surface area contributed by atoms with E-state index in [0.717, 1.165) is 52.0 Å². The second-order valence-corrected chi connectivity index (χ2v) is 8.34. The van der Waals surface area contributed by atoms with Gasteiger partial charge in [-0.1, -0.05) is 30.3 Å². The van der Waals surface area contributed by atoms with E-state index in [-0.39, 0.29) is 5.91 Å². The van der Waals surface area contributed by atoms with E-state index in [1.807, 2.05) is 17.1 Å². The molecule has 1 aliphatic heterocycles. The highest BCUT2D eigenvalue weighted by Gasteiger charge is 2.30. The zero-order valence-electron chi connectivity index (χ0n) is 17.8. The van der Waals surface area contributed by atoms with Gasteiger partial charge in [-0.15, -0.1) is 0 Å². The van der Waals surface area contributed by atoms with Crippen molar-refractivity contribution in [3.05, 3.63) is 54.6 Å². The van der Waals surface area contributed by atoms with Gasteiger partial charge in [-0.3, -0.25) is 9.69 Å². The SMILES string of the molecule is CN(C)[C@@H]1CCN(Cc2ccccc2)C[C@@H]1CCC(=O)NCCCn1ccnc1. The average Bonchev–Trinajstić information content (AvgIpc) is 3.24. The van der Waals surface area contributed by atoms with Crippen LogP contribution in [0.5, 0.6) is 0 Å². The molecule has 0 bridgehead atoms. The summed E-state index contributed by atoms with van der Waals surface area (Å²) < 4.78 is 2.04. The number of nitrogens with zero attached hydrogens (tertiary/aromatic N) is 4. The maximum atomic E-state index is 12.3. The smallest absolute Gasteiger partial charge is 0.220 e. The number of hydrogen-bond donors (Lipinski definition) is 1. The lowest BCUT2D eigenvalue weighted by atomic mass is 9.87. The fourth-order valence-electron chi connectivity index (χ4n) is 4.36. The van der Waals surface area contributed by atoms with Crippen molar-refractivity contribution in [3.8, 4) is 0 Å². The Balaban J connectivity index is 1.42. The molecule has 6 heteroatoms. The number of aryl methyl sites for hydroxylation is 1. The second-order valence-electron chi connectivity index (χ2n) is 8.34. The predicted molar refractivity (Wildman–Crippen MR) is 116 cm³/mol. The van der Waals surface area contributed by atoms with Crippen LogP contribution in [0, 0.1) is 5.92 Å². The summed E-state index contributed by atoms with van der Waals surface area (Å²) in [6.45, 7) is 4.79. The first-order valence-corrected chi connectivity index (χ1v) is 10.8. The molecule has 1 aliphatic rings. The highest BCUT2D eigenvalue weighted by atomic mass is 16.1. The molecule has 158 valence electrons. The third-order valence-corrected chi connectivity index (χ3v) is 5.91. The van der Waals surface area contributed by atoms with Gasteiger partial charge >= 0.3 is 0 Å². The van der Waals surface area contributed by atoms with E-state index in [1.54, 1.807) is 6.20 Å². The summed E-state index contributed by atoms with van der Waals surface area (Å²) in [5.74, 6) is 0.701. The lowest BCUT2D eigenvalue weighted by Gasteiger charge is -2.41. The van der Waals surface area contributed by atoms with Crippen molar-refractivity contribution in [2.75, 3.05) is 33.7 Å². The van der Waals surface area contributed by atoms with Crippen LogP contribution < -0.4 is 5.32 Å². The molecule has 1 N–H and O–H groups in total. The third kappa shape index (κ3) is 6.98. The Hall–Kier alpha value is -2.18. The largest absolute Gasteiger partial charge is 0.356 e. The van der Waals surface area contributed by atoms with Crippen molar-refractivity contribution in [1.82, 2.24) is 24.7 Å². The molecule has 1 aromatic heterocycles. The Morgan fingerprint density at radius 1 is 1.28 bits per heavy atom. The summed E-state index contributed by atoms with van der Waals surface area (Å²) in [6, 6.07) is 11.2. The molecule has 1 amide bonds. The van der Waals surface area contributed by atoms with E-state index >= 15 is 0 Å². The number of rotatable bonds is 10. The van der Waals surface area contributed by atoms with Crippen molar-refractivity contribution in [2.45, 2.75) is 44.8 Å². The van der Waals surface area contributed by atoms with Crippen molar-refractivity contribution in [1.29, 1.82) is 0 Å². The number of benzene rings is 1. The van der Waals surface area contributed by atoms with Gasteiger partial charge in [0, 0.05) is 51.0 Å². The van der Waals surface area contributed by atoms with Gasteiger partial charge in [-0.2, -0.15) is 0 Å². The van der Waals surface area contributed by atoms with Crippen molar-refractivity contribution >= 4 is 5.91 Å². The minimum absolute atomic E-state index is 0.174. The van der Waals surface area contributed by atoms with Crippen LogP contribution >= 0.6 is 0 Å². The molecular formula is C23H35N5O. The van der Waals surface area contributed by atoms with E-state index in [2.05, 4.69) is 64.5 Å². The van der Waals surface area contributed by atoms with Gasteiger partial charge in [0.1, 0.15) is 0 Å². The number of carbonyl (C=O) groups is 1. The summed E-state index contributed by atoms with van der Waals surface area (Å²) in [5, 5.41) is 3.08. The minimum atomic E-state index is 0.174. The standard InChI is InChI=1S/C23H35N5O/c1-26(2)22-11-15-28(17-20-7-4-3-5-8-20)18-21(22)9-10-23(29)25-12-6-14-27-16-13-24-19-27/h3-5,7-8,13,16,19,21-22H,6,9-12,14-15,17-18H2,1-2H3,(H,25,29)/t21-,22+/m0/s1. The summed E-state index contributed by atoms with van der Waals surface area (Å²) in [4.78, 5) is 21.3. The predicted octanol–water partition coefficient (Wildman–Crippen LogP) is 2.62. The van der Waals surface area contributed by atoms with E-state index in [0.29, 0.717) is 18.4 Å². The Labute approximate surface area is 174 Å². The van der Waals surface area contributed by atoms with Gasteiger partial charge in [0.15, 0.2) is 0 Å². The number of likely N-dealkylation sites (tertiary alicyclic amines) is 1. The molecule has 2 atom stereocenters. The van der Waals surface area contributed by atoms with Crippen LogP contribution in [0.1, 0.15) is 31.2 Å². The first kappa shape index (κ1) is 21.5. The lowest BCUT2D eigenvalue weighted by molar-refractivity contribution is -0.121. The minimum Gasteiger partial charge on any atom is -0.356 e. The molecule has 0 aliphatic carbocycles. The second kappa shape index (κ2) is 11.1. The highest BCUT2D eigenvalue weighted by molar-refractivity contribution is 5.75. The molecule has 0 radical (unpaired) electrons. The van der Waals surface area contributed by atoms with Crippen molar-refractivity contribution < 1.29 is 4.79 Å². The molecule has 6 nitrogen and oxygen atoms in total. The van der Waals surface area contributed by atoms with Gasteiger partial charge < -0.3 is 14.8 Å². The summed E-state index contributed by atoms with van der Waals surface area (Å²) >= 11 is 0. The van der Waals surface area contributed by atoms with Gasteiger partial charge in [-0.05, 0) is 51.4 Å².